The molecular formula is C16H20N4O2S. The highest BCUT2D eigenvalue weighted by molar-refractivity contribution is 7.99. The lowest BCUT2D eigenvalue weighted by Crippen LogP contribution is -2.38. The van der Waals surface area contributed by atoms with Gasteiger partial charge in [-0.3, -0.25) is 4.79 Å². The summed E-state index contributed by atoms with van der Waals surface area (Å²) in [6.45, 7) is 1.85. The number of amides is 1. The average Bonchev–Trinajstić information content (AvgIpc) is 2.95. The Kier molecular flexibility index (Phi) is 5.27. The molecule has 2 aromatic heterocycles. The molecule has 122 valence electrons. The molecule has 1 fully saturated rings. The summed E-state index contributed by atoms with van der Waals surface area (Å²) >= 11 is 1.73. The van der Waals surface area contributed by atoms with Gasteiger partial charge in [0, 0.05) is 29.8 Å². The Bertz CT molecular complexity index is 639. The quantitative estimate of drug-likeness (QED) is 0.848. The van der Waals surface area contributed by atoms with Gasteiger partial charge < -0.3 is 9.84 Å². The third-order valence-corrected chi connectivity index (χ3v) is 5.09. The zero-order valence-corrected chi connectivity index (χ0v) is 13.9. The van der Waals surface area contributed by atoms with Crippen LogP contribution in [0.5, 0.6) is 0 Å². The van der Waals surface area contributed by atoms with Gasteiger partial charge in [-0.05, 0) is 38.7 Å². The van der Waals surface area contributed by atoms with Gasteiger partial charge >= 0.3 is 0 Å². The molecule has 1 saturated carbocycles. The lowest BCUT2D eigenvalue weighted by Gasteiger charge is -2.28. The summed E-state index contributed by atoms with van der Waals surface area (Å²) in [6, 6.07) is 3.87. The van der Waals surface area contributed by atoms with Crippen molar-refractivity contribution in [3.8, 4) is 0 Å². The Morgan fingerprint density at radius 3 is 2.70 bits per heavy atom. The van der Waals surface area contributed by atoms with Crippen LogP contribution in [0.25, 0.3) is 0 Å². The first-order valence-electron chi connectivity index (χ1n) is 7.84. The molecule has 0 spiro atoms. The molecule has 1 aliphatic carbocycles. The number of rotatable bonds is 5. The molecule has 3 rings (SSSR count). The first kappa shape index (κ1) is 16.0. The van der Waals surface area contributed by atoms with Crippen LogP contribution in [0.4, 0.5) is 0 Å². The molecule has 2 heterocycles. The summed E-state index contributed by atoms with van der Waals surface area (Å²) in [7, 11) is 0. The topological polar surface area (TPSA) is 80.9 Å². The van der Waals surface area contributed by atoms with Gasteiger partial charge in [0.25, 0.3) is 0 Å². The second-order valence-corrected chi connectivity index (χ2v) is 7.07. The highest BCUT2D eigenvalue weighted by Gasteiger charge is 2.24. The van der Waals surface area contributed by atoms with E-state index in [-0.39, 0.29) is 18.4 Å². The maximum absolute atomic E-state index is 12.0. The fourth-order valence-corrected chi connectivity index (χ4v) is 3.81. The first-order valence-corrected chi connectivity index (χ1v) is 8.72. The average molecular weight is 332 g/mol. The third-order valence-electron chi connectivity index (χ3n) is 3.87. The molecule has 0 aliphatic heterocycles. The molecule has 7 heteroatoms. The highest BCUT2D eigenvalue weighted by Crippen LogP contribution is 2.31. The predicted octanol–water partition coefficient (Wildman–Crippen LogP) is 2.54. The maximum Gasteiger partial charge on any atom is 0.227 e. The Hall–Kier alpha value is -1.89. The molecule has 0 radical (unpaired) electrons. The Morgan fingerprint density at radius 2 is 2.04 bits per heavy atom. The Morgan fingerprint density at radius 1 is 1.30 bits per heavy atom. The van der Waals surface area contributed by atoms with Crippen molar-refractivity contribution < 1.29 is 9.32 Å². The van der Waals surface area contributed by atoms with Gasteiger partial charge in [0.05, 0.1) is 12.1 Å². The zero-order valence-electron chi connectivity index (χ0n) is 13.1. The molecular weight excluding hydrogens is 312 g/mol. The van der Waals surface area contributed by atoms with Crippen LogP contribution < -0.4 is 5.32 Å². The summed E-state index contributed by atoms with van der Waals surface area (Å²) in [6.07, 6.45) is 7.91. The van der Waals surface area contributed by atoms with Gasteiger partial charge in [-0.15, -0.1) is 0 Å². The van der Waals surface area contributed by atoms with Crippen molar-refractivity contribution in [3.63, 3.8) is 0 Å². The van der Waals surface area contributed by atoms with E-state index in [0.29, 0.717) is 11.0 Å². The second kappa shape index (κ2) is 7.59. The molecule has 1 amide bonds. The van der Waals surface area contributed by atoms with Crippen molar-refractivity contribution in [1.82, 2.24) is 20.4 Å². The van der Waals surface area contributed by atoms with Crippen LogP contribution in [0.1, 0.15) is 37.1 Å². The Labute approximate surface area is 139 Å². The van der Waals surface area contributed by atoms with E-state index < -0.39 is 0 Å². The number of aryl methyl sites for hydroxylation is 1. The van der Waals surface area contributed by atoms with Gasteiger partial charge in [0.15, 0.2) is 5.16 Å². The minimum Gasteiger partial charge on any atom is -0.361 e. The number of carbonyl (C=O) groups is 1. The first-order chi connectivity index (χ1) is 11.2. The van der Waals surface area contributed by atoms with Crippen LogP contribution in [0.3, 0.4) is 0 Å². The number of hydrogen-bond acceptors (Lipinski definition) is 6. The number of hydrogen-bond donors (Lipinski definition) is 1. The monoisotopic (exact) mass is 332 g/mol. The number of carbonyl (C=O) groups excluding carboxylic acids is 1. The van der Waals surface area contributed by atoms with E-state index in [1.165, 1.54) is 0 Å². The van der Waals surface area contributed by atoms with E-state index in [9.17, 15) is 4.79 Å². The summed E-state index contributed by atoms with van der Waals surface area (Å²) in [5.41, 5.74) is 0.800. The summed E-state index contributed by atoms with van der Waals surface area (Å²) in [5.74, 6) is 0.620. The molecule has 23 heavy (non-hydrogen) atoms. The summed E-state index contributed by atoms with van der Waals surface area (Å²) in [5, 5.41) is 8.25. The van der Waals surface area contributed by atoms with Gasteiger partial charge in [0.1, 0.15) is 5.76 Å². The molecule has 0 aromatic carbocycles. The van der Waals surface area contributed by atoms with Crippen molar-refractivity contribution in [2.24, 2.45) is 0 Å². The molecule has 2 aromatic rings. The van der Waals surface area contributed by atoms with Crippen LogP contribution in [0.2, 0.25) is 0 Å². The smallest absolute Gasteiger partial charge is 0.227 e. The fourth-order valence-electron chi connectivity index (χ4n) is 2.76. The van der Waals surface area contributed by atoms with E-state index in [4.69, 9.17) is 4.52 Å². The van der Waals surface area contributed by atoms with Gasteiger partial charge in [0.2, 0.25) is 5.91 Å². The SMILES string of the molecule is Cc1cc(CC(=O)NC2CCC(Sc3ncccn3)CC2)on1. The largest absolute Gasteiger partial charge is 0.361 e. The summed E-state index contributed by atoms with van der Waals surface area (Å²) < 4.78 is 5.08. The number of aromatic nitrogens is 3. The molecule has 0 atom stereocenters. The standard InChI is InChI=1S/C16H20N4O2S/c1-11-9-13(22-20-11)10-15(21)19-12-3-5-14(6-4-12)23-16-17-7-2-8-18-16/h2,7-9,12,14H,3-6,10H2,1H3,(H,19,21). The van der Waals surface area contributed by atoms with Crippen molar-refractivity contribution in [1.29, 1.82) is 0 Å². The van der Waals surface area contributed by atoms with Crippen molar-refractivity contribution in [3.05, 3.63) is 36.0 Å². The van der Waals surface area contributed by atoms with Gasteiger partial charge in [-0.1, -0.05) is 16.9 Å². The Balaban J connectivity index is 1.41. The van der Waals surface area contributed by atoms with Crippen LogP contribution in [-0.4, -0.2) is 32.3 Å². The minimum absolute atomic E-state index is 0.00338. The molecule has 1 N–H and O–H groups in total. The van der Waals surface area contributed by atoms with Crippen LogP contribution in [0.15, 0.2) is 34.2 Å². The van der Waals surface area contributed by atoms with E-state index >= 15 is 0 Å². The second-order valence-electron chi connectivity index (χ2n) is 5.80. The number of nitrogens with one attached hydrogen (secondary N) is 1. The number of nitrogens with zero attached hydrogens (tertiary/aromatic N) is 3. The van der Waals surface area contributed by atoms with Crippen LogP contribution in [0, 0.1) is 6.92 Å². The molecule has 1 aliphatic rings. The molecule has 0 unspecified atom stereocenters. The minimum atomic E-state index is 0.00338. The van der Waals surface area contributed by atoms with Crippen LogP contribution >= 0.6 is 11.8 Å². The van der Waals surface area contributed by atoms with Crippen LogP contribution in [-0.2, 0) is 11.2 Å². The normalized spacial score (nSPS) is 21.1. The fraction of sp³-hybridized carbons (Fsp3) is 0.500. The van der Waals surface area contributed by atoms with E-state index in [2.05, 4.69) is 20.4 Å². The van der Waals surface area contributed by atoms with Gasteiger partial charge in [-0.2, -0.15) is 0 Å². The molecule has 6 nitrogen and oxygen atoms in total. The van der Waals surface area contributed by atoms with Crippen molar-refractivity contribution in [2.45, 2.75) is 55.5 Å². The lowest BCUT2D eigenvalue weighted by atomic mass is 9.95. The van der Waals surface area contributed by atoms with E-state index in [0.717, 1.165) is 36.5 Å². The molecule has 0 bridgehead atoms. The zero-order chi connectivity index (χ0) is 16.1. The lowest BCUT2D eigenvalue weighted by molar-refractivity contribution is -0.121. The maximum atomic E-state index is 12.0. The van der Waals surface area contributed by atoms with Crippen molar-refractivity contribution >= 4 is 17.7 Å². The number of thioether (sulfide) groups is 1. The predicted molar refractivity (Wildman–Crippen MR) is 87.0 cm³/mol. The third kappa shape index (κ3) is 4.79. The van der Waals surface area contributed by atoms with E-state index in [1.54, 1.807) is 30.2 Å². The van der Waals surface area contributed by atoms with Gasteiger partial charge in [-0.25, -0.2) is 9.97 Å². The van der Waals surface area contributed by atoms with E-state index in [1.807, 2.05) is 13.0 Å². The molecule has 0 saturated heterocycles. The highest BCUT2D eigenvalue weighted by atomic mass is 32.2. The summed E-state index contributed by atoms with van der Waals surface area (Å²) in [4.78, 5) is 20.5. The van der Waals surface area contributed by atoms with Crippen molar-refractivity contribution in [2.75, 3.05) is 0 Å².